The predicted octanol–water partition coefficient (Wildman–Crippen LogP) is 4.32. The second kappa shape index (κ2) is 7.23. The average molecular weight is 401 g/mol. The number of hydrogen-bond donors (Lipinski definition) is 2. The van der Waals surface area contributed by atoms with Crippen molar-refractivity contribution < 1.29 is 13.2 Å². The standard InChI is InChI=1S/C17H18Cl2N2O3S/c1-17(2,3)20-16(22)14-9-6-12(10-15(14)19)21-25(23,24)13-7-4-11(18)5-8-13/h4-10,21H,1-3H3,(H,20,22). The fourth-order valence-electron chi connectivity index (χ4n) is 2.00. The van der Waals surface area contributed by atoms with Crippen LogP contribution in [-0.2, 0) is 10.0 Å². The van der Waals surface area contributed by atoms with Gasteiger partial charge < -0.3 is 5.32 Å². The third-order valence-electron chi connectivity index (χ3n) is 3.08. The van der Waals surface area contributed by atoms with E-state index in [9.17, 15) is 13.2 Å². The molecule has 2 aromatic rings. The van der Waals surface area contributed by atoms with Crippen molar-refractivity contribution >= 4 is 44.8 Å². The number of sulfonamides is 1. The summed E-state index contributed by atoms with van der Waals surface area (Å²) >= 11 is 11.9. The number of hydrogen-bond acceptors (Lipinski definition) is 3. The van der Waals surface area contributed by atoms with Crippen LogP contribution in [0.25, 0.3) is 0 Å². The van der Waals surface area contributed by atoms with E-state index in [0.29, 0.717) is 5.02 Å². The van der Waals surface area contributed by atoms with Gasteiger partial charge in [0.25, 0.3) is 15.9 Å². The summed E-state index contributed by atoms with van der Waals surface area (Å²) in [6, 6.07) is 10.1. The van der Waals surface area contributed by atoms with E-state index >= 15 is 0 Å². The van der Waals surface area contributed by atoms with E-state index in [0.717, 1.165) is 0 Å². The van der Waals surface area contributed by atoms with Gasteiger partial charge in [0.15, 0.2) is 0 Å². The molecule has 25 heavy (non-hydrogen) atoms. The monoisotopic (exact) mass is 400 g/mol. The second-order valence-corrected chi connectivity index (χ2v) is 8.98. The van der Waals surface area contributed by atoms with Gasteiger partial charge in [-0.15, -0.1) is 0 Å². The Morgan fingerprint density at radius 1 is 1.00 bits per heavy atom. The first kappa shape index (κ1) is 19.6. The van der Waals surface area contributed by atoms with Crippen LogP contribution in [0.1, 0.15) is 31.1 Å². The van der Waals surface area contributed by atoms with Crippen molar-refractivity contribution in [1.29, 1.82) is 0 Å². The van der Waals surface area contributed by atoms with Gasteiger partial charge in [-0.05, 0) is 63.2 Å². The molecule has 0 saturated carbocycles. The van der Waals surface area contributed by atoms with Crippen LogP contribution in [0.15, 0.2) is 47.4 Å². The smallest absolute Gasteiger partial charge is 0.261 e. The van der Waals surface area contributed by atoms with Gasteiger partial charge in [0, 0.05) is 10.6 Å². The zero-order valence-corrected chi connectivity index (χ0v) is 16.3. The second-order valence-electron chi connectivity index (χ2n) is 6.46. The molecule has 1 amide bonds. The van der Waals surface area contributed by atoms with E-state index in [1.165, 1.54) is 42.5 Å². The lowest BCUT2D eigenvalue weighted by Gasteiger charge is -2.21. The first-order valence-electron chi connectivity index (χ1n) is 7.38. The van der Waals surface area contributed by atoms with Gasteiger partial charge in [-0.2, -0.15) is 0 Å². The quantitative estimate of drug-likeness (QED) is 0.801. The van der Waals surface area contributed by atoms with Gasteiger partial charge in [-0.25, -0.2) is 8.42 Å². The number of nitrogens with one attached hydrogen (secondary N) is 2. The van der Waals surface area contributed by atoms with Gasteiger partial charge in [0.1, 0.15) is 0 Å². The minimum Gasteiger partial charge on any atom is -0.347 e. The molecule has 0 atom stereocenters. The van der Waals surface area contributed by atoms with E-state index in [1.54, 1.807) is 0 Å². The molecular formula is C17H18Cl2N2O3S. The van der Waals surface area contributed by atoms with Crippen molar-refractivity contribution in [1.82, 2.24) is 5.32 Å². The highest BCUT2D eigenvalue weighted by Gasteiger charge is 2.19. The summed E-state index contributed by atoms with van der Waals surface area (Å²) in [6.07, 6.45) is 0. The molecular weight excluding hydrogens is 383 g/mol. The molecule has 0 heterocycles. The highest BCUT2D eigenvalue weighted by Crippen LogP contribution is 2.24. The topological polar surface area (TPSA) is 75.3 Å². The Hall–Kier alpha value is -1.76. The number of amides is 1. The summed E-state index contributed by atoms with van der Waals surface area (Å²) in [5, 5.41) is 3.39. The van der Waals surface area contributed by atoms with Gasteiger partial charge in [0.2, 0.25) is 0 Å². The molecule has 2 N–H and O–H groups in total. The fraction of sp³-hybridized carbons (Fsp3) is 0.235. The van der Waals surface area contributed by atoms with Gasteiger partial charge in [-0.1, -0.05) is 23.2 Å². The number of carbonyl (C=O) groups is 1. The van der Waals surface area contributed by atoms with E-state index < -0.39 is 15.6 Å². The Balaban J connectivity index is 2.23. The molecule has 8 heteroatoms. The van der Waals surface area contributed by atoms with Gasteiger partial charge in [0.05, 0.1) is 21.2 Å². The zero-order valence-electron chi connectivity index (χ0n) is 13.9. The lowest BCUT2D eigenvalue weighted by molar-refractivity contribution is 0.0919. The van der Waals surface area contributed by atoms with Crippen LogP contribution < -0.4 is 10.0 Å². The third kappa shape index (κ3) is 5.36. The summed E-state index contributed by atoms with van der Waals surface area (Å²) in [7, 11) is -3.78. The molecule has 0 bridgehead atoms. The maximum Gasteiger partial charge on any atom is 0.261 e. The third-order valence-corrected chi connectivity index (χ3v) is 5.04. The molecule has 0 spiro atoms. The number of anilines is 1. The predicted molar refractivity (Wildman–Crippen MR) is 101 cm³/mol. The Kier molecular flexibility index (Phi) is 5.66. The maximum absolute atomic E-state index is 12.4. The van der Waals surface area contributed by atoms with Crippen molar-refractivity contribution in [3.8, 4) is 0 Å². The first-order valence-corrected chi connectivity index (χ1v) is 9.62. The molecule has 2 rings (SSSR count). The summed E-state index contributed by atoms with van der Waals surface area (Å²) in [5.41, 5.74) is 0.119. The summed E-state index contributed by atoms with van der Waals surface area (Å²) in [4.78, 5) is 12.3. The summed E-state index contributed by atoms with van der Waals surface area (Å²) in [5.74, 6) is -0.329. The van der Waals surface area contributed by atoms with Crippen molar-refractivity contribution in [2.45, 2.75) is 31.2 Å². The van der Waals surface area contributed by atoms with Crippen LogP contribution in [0.5, 0.6) is 0 Å². The molecule has 0 aromatic heterocycles. The molecule has 0 saturated heterocycles. The Bertz CT molecular complexity index is 889. The molecule has 0 aliphatic carbocycles. The zero-order chi connectivity index (χ0) is 18.8. The van der Waals surface area contributed by atoms with Crippen LogP contribution in [0, 0.1) is 0 Å². The van der Waals surface area contributed by atoms with Crippen molar-refractivity contribution in [3.63, 3.8) is 0 Å². The molecule has 0 aliphatic rings. The van der Waals surface area contributed by atoms with Gasteiger partial charge in [-0.3, -0.25) is 9.52 Å². The van der Waals surface area contributed by atoms with E-state index in [-0.39, 0.29) is 27.1 Å². The summed E-state index contributed by atoms with van der Waals surface area (Å²) < 4.78 is 27.1. The average Bonchev–Trinajstić information content (AvgIpc) is 2.45. The SMILES string of the molecule is CC(C)(C)NC(=O)c1ccc(NS(=O)(=O)c2ccc(Cl)cc2)cc1Cl. The van der Waals surface area contributed by atoms with Crippen LogP contribution in [0.2, 0.25) is 10.0 Å². The lowest BCUT2D eigenvalue weighted by Crippen LogP contribution is -2.40. The highest BCUT2D eigenvalue weighted by molar-refractivity contribution is 7.92. The number of benzene rings is 2. The Labute approximate surface area is 157 Å². The van der Waals surface area contributed by atoms with Gasteiger partial charge >= 0.3 is 0 Å². The van der Waals surface area contributed by atoms with Crippen molar-refractivity contribution in [2.24, 2.45) is 0 Å². The normalized spacial score (nSPS) is 11.9. The minimum absolute atomic E-state index is 0.0718. The molecule has 0 aliphatic heterocycles. The first-order chi connectivity index (χ1) is 11.5. The van der Waals surface area contributed by atoms with Crippen molar-refractivity contribution in [3.05, 3.63) is 58.1 Å². The molecule has 0 unspecified atom stereocenters. The summed E-state index contributed by atoms with van der Waals surface area (Å²) in [6.45, 7) is 5.56. The van der Waals surface area contributed by atoms with Crippen molar-refractivity contribution in [2.75, 3.05) is 4.72 Å². The molecule has 0 radical (unpaired) electrons. The molecule has 2 aromatic carbocycles. The van der Waals surface area contributed by atoms with E-state index in [2.05, 4.69) is 10.0 Å². The largest absolute Gasteiger partial charge is 0.347 e. The molecule has 134 valence electrons. The van der Waals surface area contributed by atoms with Crippen LogP contribution >= 0.6 is 23.2 Å². The highest BCUT2D eigenvalue weighted by atomic mass is 35.5. The molecule has 0 fully saturated rings. The number of halogens is 2. The number of rotatable bonds is 4. The fourth-order valence-corrected chi connectivity index (χ4v) is 3.44. The van der Waals surface area contributed by atoms with Crippen LogP contribution in [-0.4, -0.2) is 19.9 Å². The Morgan fingerprint density at radius 2 is 1.60 bits per heavy atom. The lowest BCUT2D eigenvalue weighted by atomic mass is 10.1. The Morgan fingerprint density at radius 3 is 2.12 bits per heavy atom. The van der Waals surface area contributed by atoms with Crippen LogP contribution in [0.3, 0.4) is 0 Å². The van der Waals surface area contributed by atoms with E-state index in [1.807, 2.05) is 20.8 Å². The minimum atomic E-state index is -3.78. The van der Waals surface area contributed by atoms with E-state index in [4.69, 9.17) is 23.2 Å². The molecule has 5 nitrogen and oxygen atoms in total. The number of carbonyl (C=O) groups excluding carboxylic acids is 1. The van der Waals surface area contributed by atoms with Crippen LogP contribution in [0.4, 0.5) is 5.69 Å². The maximum atomic E-state index is 12.4.